The van der Waals surface area contributed by atoms with Gasteiger partial charge in [0.25, 0.3) is 0 Å². The topological polar surface area (TPSA) is 54.3 Å². The molecule has 0 radical (unpaired) electrons. The van der Waals surface area contributed by atoms with Crippen LogP contribution in [0.2, 0.25) is 0 Å². The molecule has 0 spiro atoms. The fraction of sp³-hybridized carbons (Fsp3) is 0.0417. The highest BCUT2D eigenvalue weighted by molar-refractivity contribution is 9.10. The fourth-order valence-electron chi connectivity index (χ4n) is 3.94. The predicted molar refractivity (Wildman–Crippen MR) is 132 cm³/mol. The molecule has 6 rings (SSSR count). The fourth-order valence-corrected chi connectivity index (χ4v) is 5.35. The van der Waals surface area contributed by atoms with Crippen molar-refractivity contribution in [3.8, 4) is 17.0 Å². The first-order valence-electron chi connectivity index (χ1n) is 9.89. The number of thiazole rings is 1. The first-order chi connectivity index (χ1) is 15.6. The molecule has 0 saturated heterocycles. The highest BCUT2D eigenvalue weighted by Crippen LogP contribution is 2.41. The summed E-state index contributed by atoms with van der Waals surface area (Å²) in [6.45, 7) is 0. The molecule has 3 aromatic heterocycles. The van der Waals surface area contributed by atoms with Crippen molar-refractivity contribution in [2.45, 2.75) is 0 Å². The van der Waals surface area contributed by atoms with Gasteiger partial charge in [0.1, 0.15) is 23.1 Å². The zero-order valence-electron chi connectivity index (χ0n) is 16.8. The zero-order valence-corrected chi connectivity index (χ0v) is 19.2. The number of fused-ring (bicyclic) bond motifs is 4. The Balaban J connectivity index is 1.63. The summed E-state index contributed by atoms with van der Waals surface area (Å²) in [6, 6.07) is 18.5. The van der Waals surface area contributed by atoms with E-state index in [1.165, 1.54) is 12.1 Å². The van der Waals surface area contributed by atoms with E-state index in [4.69, 9.17) is 9.72 Å². The summed E-state index contributed by atoms with van der Waals surface area (Å²) >= 11 is 5.17. The minimum atomic E-state index is -0.274. The highest BCUT2D eigenvalue weighted by Gasteiger charge is 2.21. The van der Waals surface area contributed by atoms with Crippen LogP contribution in [0.25, 0.3) is 37.3 Å². The van der Waals surface area contributed by atoms with Gasteiger partial charge < -0.3 is 15.0 Å². The number of rotatable bonds is 4. The molecule has 0 unspecified atom stereocenters. The Morgan fingerprint density at radius 2 is 1.94 bits per heavy atom. The molecule has 5 nitrogen and oxygen atoms in total. The Labute approximate surface area is 194 Å². The molecule has 6 aromatic rings. The van der Waals surface area contributed by atoms with Gasteiger partial charge >= 0.3 is 0 Å². The highest BCUT2D eigenvalue weighted by atomic mass is 79.9. The van der Waals surface area contributed by atoms with E-state index in [1.807, 2.05) is 36.5 Å². The maximum absolute atomic E-state index is 13.5. The molecule has 0 aliphatic heterocycles. The van der Waals surface area contributed by atoms with Gasteiger partial charge in [0.2, 0.25) is 0 Å². The summed E-state index contributed by atoms with van der Waals surface area (Å²) in [5.74, 6) is 1.35. The minimum absolute atomic E-state index is 0.274. The number of aromatic nitrogens is 3. The Kier molecular flexibility index (Phi) is 4.44. The smallest absolute Gasteiger partial charge is 0.197 e. The summed E-state index contributed by atoms with van der Waals surface area (Å²) in [7, 11) is 1.66. The number of imidazole rings is 1. The van der Waals surface area contributed by atoms with Gasteiger partial charge in [-0.1, -0.05) is 27.3 Å². The van der Waals surface area contributed by atoms with E-state index in [0.717, 1.165) is 59.1 Å². The zero-order chi connectivity index (χ0) is 21.8. The van der Waals surface area contributed by atoms with Crippen molar-refractivity contribution in [1.29, 1.82) is 0 Å². The molecule has 3 heterocycles. The molecule has 0 aliphatic carbocycles. The number of nitrogens with zero attached hydrogens (tertiary/aromatic N) is 2. The van der Waals surface area contributed by atoms with Gasteiger partial charge in [-0.2, -0.15) is 0 Å². The van der Waals surface area contributed by atoms with E-state index < -0.39 is 0 Å². The molecule has 2 N–H and O–H groups in total. The van der Waals surface area contributed by atoms with Crippen LogP contribution in [0.4, 0.5) is 15.9 Å². The molecule has 0 bridgehead atoms. The molecule has 0 saturated carbocycles. The average Bonchev–Trinajstić information content (AvgIpc) is 3.46. The second kappa shape index (κ2) is 7.36. The Morgan fingerprint density at radius 1 is 1.09 bits per heavy atom. The third kappa shape index (κ3) is 3.06. The number of aromatic amines is 1. The Morgan fingerprint density at radius 3 is 2.75 bits per heavy atom. The average molecular weight is 507 g/mol. The lowest BCUT2D eigenvalue weighted by molar-refractivity contribution is 0.415. The molecular formula is C24H16BrFN4OS. The molecule has 32 heavy (non-hydrogen) atoms. The number of nitrogens with one attached hydrogen (secondary N) is 2. The third-order valence-electron chi connectivity index (χ3n) is 5.46. The van der Waals surface area contributed by atoms with E-state index in [0.29, 0.717) is 0 Å². The number of ether oxygens (including phenoxy) is 1. The number of methoxy groups -OCH3 is 1. The second-order valence-corrected chi connectivity index (χ2v) is 9.31. The minimum Gasteiger partial charge on any atom is -0.497 e. The summed E-state index contributed by atoms with van der Waals surface area (Å²) in [6.07, 6.45) is 1.98. The van der Waals surface area contributed by atoms with Crippen LogP contribution in [0.3, 0.4) is 0 Å². The molecule has 0 aliphatic rings. The first kappa shape index (κ1) is 19.3. The van der Waals surface area contributed by atoms with Crippen molar-refractivity contribution in [2.75, 3.05) is 12.4 Å². The Bertz CT molecular complexity index is 1620. The van der Waals surface area contributed by atoms with Crippen LogP contribution in [0, 0.1) is 5.82 Å². The summed E-state index contributed by atoms with van der Waals surface area (Å²) < 4.78 is 23.1. The van der Waals surface area contributed by atoms with Gasteiger partial charge in [0.15, 0.2) is 4.96 Å². The number of anilines is 2. The lowest BCUT2D eigenvalue weighted by Crippen LogP contribution is -1.97. The monoisotopic (exact) mass is 506 g/mol. The molecule has 8 heteroatoms. The van der Waals surface area contributed by atoms with Gasteiger partial charge in [-0.25, -0.2) is 9.37 Å². The van der Waals surface area contributed by atoms with Crippen LogP contribution in [-0.2, 0) is 0 Å². The van der Waals surface area contributed by atoms with E-state index >= 15 is 0 Å². The van der Waals surface area contributed by atoms with Crippen LogP contribution >= 0.6 is 27.3 Å². The third-order valence-corrected chi connectivity index (χ3v) is 6.96. The van der Waals surface area contributed by atoms with Crippen molar-refractivity contribution in [3.63, 3.8) is 0 Å². The lowest BCUT2D eigenvalue weighted by Gasteiger charge is -2.09. The molecule has 3 aromatic carbocycles. The normalized spacial score (nSPS) is 11.6. The molecule has 0 amide bonds. The van der Waals surface area contributed by atoms with E-state index in [1.54, 1.807) is 30.6 Å². The number of benzene rings is 3. The standard InChI is InChI=1S/C24H16BrFN4OS/c1-31-16-7-9-20-21(11-16)32-24-29-22(18-12-27-19-8-2-13(25)10-17(18)19)23(30(20)24)28-15-5-3-14(26)4-6-15/h2-12,27-28H,1H3. The van der Waals surface area contributed by atoms with Crippen molar-refractivity contribution in [2.24, 2.45) is 0 Å². The van der Waals surface area contributed by atoms with Gasteiger partial charge in [0, 0.05) is 32.8 Å². The Hall–Kier alpha value is -3.36. The van der Waals surface area contributed by atoms with Crippen LogP contribution in [-0.4, -0.2) is 21.5 Å². The number of H-pyrrole nitrogens is 1. The van der Waals surface area contributed by atoms with Crippen LogP contribution in [0.5, 0.6) is 5.75 Å². The lowest BCUT2D eigenvalue weighted by atomic mass is 10.1. The SMILES string of the molecule is COc1ccc2c(c1)sc1nc(-c3c[nH]c4ccc(Br)cc34)c(Nc3ccc(F)cc3)n12. The van der Waals surface area contributed by atoms with Gasteiger partial charge in [-0.05, 0) is 60.7 Å². The van der Waals surface area contributed by atoms with Crippen molar-refractivity contribution in [3.05, 3.63) is 77.2 Å². The van der Waals surface area contributed by atoms with Crippen LogP contribution in [0.15, 0.2) is 71.3 Å². The first-order valence-corrected chi connectivity index (χ1v) is 11.5. The largest absolute Gasteiger partial charge is 0.497 e. The molecular weight excluding hydrogens is 491 g/mol. The summed E-state index contributed by atoms with van der Waals surface area (Å²) in [4.78, 5) is 9.21. The molecule has 0 atom stereocenters. The van der Waals surface area contributed by atoms with E-state index in [-0.39, 0.29) is 5.82 Å². The van der Waals surface area contributed by atoms with Crippen molar-refractivity contribution in [1.82, 2.24) is 14.4 Å². The second-order valence-electron chi connectivity index (χ2n) is 7.39. The van der Waals surface area contributed by atoms with Gasteiger partial charge in [-0.15, -0.1) is 0 Å². The van der Waals surface area contributed by atoms with Gasteiger partial charge in [-0.3, -0.25) is 4.40 Å². The quantitative estimate of drug-likeness (QED) is 0.262. The van der Waals surface area contributed by atoms with Crippen LogP contribution in [0.1, 0.15) is 0 Å². The predicted octanol–water partition coefficient (Wildman–Crippen LogP) is 7.35. The summed E-state index contributed by atoms with van der Waals surface area (Å²) in [5, 5.41) is 4.55. The molecule has 0 fully saturated rings. The molecule has 158 valence electrons. The van der Waals surface area contributed by atoms with Gasteiger partial charge in [0.05, 0.1) is 17.3 Å². The van der Waals surface area contributed by atoms with Crippen molar-refractivity contribution < 1.29 is 9.13 Å². The van der Waals surface area contributed by atoms with Crippen molar-refractivity contribution >= 4 is 64.9 Å². The van der Waals surface area contributed by atoms with E-state index in [9.17, 15) is 4.39 Å². The maximum atomic E-state index is 13.5. The van der Waals surface area contributed by atoms with E-state index in [2.05, 4.69) is 36.7 Å². The maximum Gasteiger partial charge on any atom is 0.197 e. The number of hydrogen-bond acceptors (Lipinski definition) is 4. The van der Waals surface area contributed by atoms with Crippen LogP contribution < -0.4 is 10.1 Å². The number of halogens is 2. The summed E-state index contributed by atoms with van der Waals surface area (Å²) in [5.41, 5.74) is 4.64. The number of hydrogen-bond donors (Lipinski definition) is 2.